The van der Waals surface area contributed by atoms with Crippen LogP contribution in [0.15, 0.2) is 24.3 Å². The van der Waals surface area contributed by atoms with Gasteiger partial charge in [-0.15, -0.1) is 11.3 Å². The SMILES string of the molecule is CCOC(=O)c1c(NC(=S)NC(=O)COc2ccc(C)cc2)sc2c1CCC(C(C)(C)CC)C2. The lowest BCUT2D eigenvalue weighted by Gasteiger charge is -2.36. The maximum atomic E-state index is 12.8. The minimum atomic E-state index is -0.373. The summed E-state index contributed by atoms with van der Waals surface area (Å²) in [5.41, 5.74) is 2.94. The number of anilines is 1. The van der Waals surface area contributed by atoms with E-state index in [-0.39, 0.29) is 29.0 Å². The fraction of sp³-hybridized carbons (Fsp3) is 0.500. The molecule has 2 N–H and O–H groups in total. The first-order valence-corrected chi connectivity index (χ1v) is 13.0. The number of carbonyl (C=O) groups is 2. The zero-order valence-corrected chi connectivity index (χ0v) is 22.2. The van der Waals surface area contributed by atoms with E-state index in [4.69, 9.17) is 21.7 Å². The van der Waals surface area contributed by atoms with Gasteiger partial charge < -0.3 is 14.8 Å². The molecule has 1 unspecified atom stereocenters. The van der Waals surface area contributed by atoms with Crippen molar-refractivity contribution in [2.75, 3.05) is 18.5 Å². The van der Waals surface area contributed by atoms with Gasteiger partial charge in [0.1, 0.15) is 10.8 Å². The van der Waals surface area contributed by atoms with E-state index in [0.717, 1.165) is 36.8 Å². The third kappa shape index (κ3) is 6.36. The minimum absolute atomic E-state index is 0.132. The molecule has 3 rings (SSSR count). The second-order valence-electron chi connectivity index (χ2n) is 9.31. The van der Waals surface area contributed by atoms with Crippen molar-refractivity contribution in [3.05, 3.63) is 45.8 Å². The van der Waals surface area contributed by atoms with Crippen LogP contribution in [0.5, 0.6) is 5.75 Å². The number of aryl methyl sites for hydroxylation is 1. The molecule has 1 aromatic heterocycles. The molecule has 0 bridgehead atoms. The Kier molecular flexibility index (Phi) is 8.71. The maximum Gasteiger partial charge on any atom is 0.341 e. The largest absolute Gasteiger partial charge is 0.484 e. The summed E-state index contributed by atoms with van der Waals surface area (Å²) < 4.78 is 10.9. The van der Waals surface area contributed by atoms with Gasteiger partial charge in [0, 0.05) is 4.88 Å². The third-order valence-corrected chi connectivity index (χ3v) is 8.01. The van der Waals surface area contributed by atoms with Crippen LogP contribution >= 0.6 is 23.6 Å². The zero-order chi connectivity index (χ0) is 24.9. The van der Waals surface area contributed by atoms with Crippen LogP contribution in [0.25, 0.3) is 0 Å². The van der Waals surface area contributed by atoms with E-state index in [1.165, 1.54) is 16.2 Å². The molecule has 0 saturated heterocycles. The Morgan fingerprint density at radius 3 is 2.56 bits per heavy atom. The standard InChI is InChI=1S/C26H34N2O4S2/c1-6-26(4,5)17-10-13-19-20(14-17)34-23(22(19)24(30)31-7-2)28-25(33)27-21(29)15-32-18-11-8-16(3)9-12-18/h8-9,11-12,17H,6-7,10,13-15H2,1-5H3,(H2,27,28,29,33). The predicted octanol–water partition coefficient (Wildman–Crippen LogP) is 5.67. The molecule has 1 aromatic carbocycles. The van der Waals surface area contributed by atoms with Crippen LogP contribution in [-0.2, 0) is 22.4 Å². The average Bonchev–Trinajstić information content (AvgIpc) is 3.15. The minimum Gasteiger partial charge on any atom is -0.484 e. The normalized spacial score (nSPS) is 15.3. The molecule has 0 saturated carbocycles. The number of hydrogen-bond acceptors (Lipinski definition) is 6. The van der Waals surface area contributed by atoms with Crippen molar-refractivity contribution in [2.45, 2.75) is 60.3 Å². The smallest absolute Gasteiger partial charge is 0.341 e. The molecule has 1 aliphatic carbocycles. The molecular weight excluding hydrogens is 468 g/mol. The number of hydrogen-bond donors (Lipinski definition) is 2. The molecule has 0 radical (unpaired) electrons. The Morgan fingerprint density at radius 1 is 1.21 bits per heavy atom. The quantitative estimate of drug-likeness (QED) is 0.358. The lowest BCUT2D eigenvalue weighted by Crippen LogP contribution is -2.37. The summed E-state index contributed by atoms with van der Waals surface area (Å²) in [5.74, 6) is 0.436. The monoisotopic (exact) mass is 502 g/mol. The van der Waals surface area contributed by atoms with Crippen LogP contribution in [0.1, 0.15) is 66.9 Å². The summed E-state index contributed by atoms with van der Waals surface area (Å²) in [6, 6.07) is 7.46. The van der Waals surface area contributed by atoms with Crippen molar-refractivity contribution in [3.63, 3.8) is 0 Å². The molecule has 2 aromatic rings. The van der Waals surface area contributed by atoms with Crippen LogP contribution in [0, 0.1) is 18.3 Å². The molecule has 0 aliphatic heterocycles. The fourth-order valence-corrected chi connectivity index (χ4v) is 5.73. The van der Waals surface area contributed by atoms with Gasteiger partial charge in [0.15, 0.2) is 11.7 Å². The molecule has 0 fully saturated rings. The molecule has 6 nitrogen and oxygen atoms in total. The van der Waals surface area contributed by atoms with Gasteiger partial charge in [0.25, 0.3) is 5.91 Å². The average molecular weight is 503 g/mol. The predicted molar refractivity (Wildman–Crippen MR) is 141 cm³/mol. The highest BCUT2D eigenvalue weighted by Gasteiger charge is 2.35. The van der Waals surface area contributed by atoms with Crippen molar-refractivity contribution < 1.29 is 19.1 Å². The second kappa shape index (κ2) is 11.3. The number of rotatable bonds is 8. The van der Waals surface area contributed by atoms with Gasteiger partial charge >= 0.3 is 5.97 Å². The van der Waals surface area contributed by atoms with Gasteiger partial charge in [0.2, 0.25) is 0 Å². The van der Waals surface area contributed by atoms with Crippen molar-refractivity contribution in [1.82, 2.24) is 5.32 Å². The fourth-order valence-electron chi connectivity index (χ4n) is 4.13. The molecule has 184 valence electrons. The Bertz CT molecular complexity index is 1040. The van der Waals surface area contributed by atoms with Crippen LogP contribution in [0.2, 0.25) is 0 Å². The molecule has 8 heteroatoms. The number of benzene rings is 1. The van der Waals surface area contributed by atoms with Crippen LogP contribution in [0.3, 0.4) is 0 Å². The first-order chi connectivity index (χ1) is 16.1. The molecule has 1 aliphatic rings. The van der Waals surface area contributed by atoms with Gasteiger partial charge in [-0.3, -0.25) is 10.1 Å². The van der Waals surface area contributed by atoms with Crippen LogP contribution in [0.4, 0.5) is 5.00 Å². The van der Waals surface area contributed by atoms with Crippen molar-refractivity contribution in [2.24, 2.45) is 11.3 Å². The molecule has 0 spiro atoms. The highest BCUT2D eigenvalue weighted by molar-refractivity contribution is 7.80. The highest BCUT2D eigenvalue weighted by atomic mass is 32.1. The summed E-state index contributed by atoms with van der Waals surface area (Å²) in [7, 11) is 0. The van der Waals surface area contributed by atoms with E-state index in [9.17, 15) is 9.59 Å². The Labute approximate surface area is 211 Å². The Morgan fingerprint density at radius 2 is 1.91 bits per heavy atom. The molecule has 1 atom stereocenters. The summed E-state index contributed by atoms with van der Waals surface area (Å²) in [5, 5.41) is 6.47. The Hall–Kier alpha value is -2.45. The lowest BCUT2D eigenvalue weighted by atomic mass is 9.69. The summed E-state index contributed by atoms with van der Waals surface area (Å²) in [6.07, 6.45) is 3.90. The van der Waals surface area contributed by atoms with E-state index >= 15 is 0 Å². The van der Waals surface area contributed by atoms with Gasteiger partial charge in [-0.2, -0.15) is 0 Å². The van der Waals surface area contributed by atoms with Crippen molar-refractivity contribution in [3.8, 4) is 5.75 Å². The van der Waals surface area contributed by atoms with Gasteiger partial charge in [-0.1, -0.05) is 44.9 Å². The number of fused-ring (bicyclic) bond motifs is 1. The van der Waals surface area contributed by atoms with Gasteiger partial charge in [-0.05, 0) is 74.4 Å². The number of carbonyl (C=O) groups excluding carboxylic acids is 2. The third-order valence-electron chi connectivity index (χ3n) is 6.63. The number of thiocarbonyl (C=S) groups is 1. The second-order valence-corrected chi connectivity index (χ2v) is 10.8. The maximum absolute atomic E-state index is 12.8. The van der Waals surface area contributed by atoms with E-state index in [0.29, 0.717) is 28.8 Å². The lowest BCUT2D eigenvalue weighted by molar-refractivity contribution is -0.121. The number of esters is 1. The van der Waals surface area contributed by atoms with E-state index in [1.54, 1.807) is 6.92 Å². The number of nitrogens with one attached hydrogen (secondary N) is 2. The van der Waals surface area contributed by atoms with Crippen LogP contribution < -0.4 is 15.4 Å². The van der Waals surface area contributed by atoms with Crippen molar-refractivity contribution in [1.29, 1.82) is 0 Å². The van der Waals surface area contributed by atoms with Crippen LogP contribution in [-0.4, -0.2) is 30.2 Å². The summed E-state index contributed by atoms with van der Waals surface area (Å²) >= 11 is 6.90. The first kappa shape index (κ1) is 26.2. The summed E-state index contributed by atoms with van der Waals surface area (Å²) in [6.45, 7) is 10.8. The summed E-state index contributed by atoms with van der Waals surface area (Å²) in [4.78, 5) is 26.3. The van der Waals surface area contributed by atoms with Gasteiger partial charge in [0.05, 0.1) is 12.2 Å². The van der Waals surface area contributed by atoms with Gasteiger partial charge in [-0.25, -0.2) is 4.79 Å². The van der Waals surface area contributed by atoms with E-state index < -0.39 is 0 Å². The Balaban J connectivity index is 1.70. The first-order valence-electron chi connectivity index (χ1n) is 11.8. The molecule has 34 heavy (non-hydrogen) atoms. The topological polar surface area (TPSA) is 76.7 Å². The van der Waals surface area contributed by atoms with E-state index in [1.807, 2.05) is 31.2 Å². The number of thiophene rings is 1. The van der Waals surface area contributed by atoms with E-state index in [2.05, 4.69) is 31.4 Å². The molecule has 1 heterocycles. The number of ether oxygens (including phenoxy) is 2. The molecule has 1 amide bonds. The highest BCUT2D eigenvalue weighted by Crippen LogP contribution is 2.45. The van der Waals surface area contributed by atoms with Crippen molar-refractivity contribution >= 4 is 45.5 Å². The molecular formula is C26H34N2O4S2. The number of amides is 1. The zero-order valence-electron chi connectivity index (χ0n) is 20.6.